The number of rotatable bonds is 3. The van der Waals surface area contributed by atoms with Crippen LogP contribution in [0.3, 0.4) is 0 Å². The zero-order chi connectivity index (χ0) is 15.6. The highest BCUT2D eigenvalue weighted by atomic mass is 32.2. The Morgan fingerprint density at radius 3 is 2.91 bits per heavy atom. The fourth-order valence-electron chi connectivity index (χ4n) is 2.96. The lowest BCUT2D eigenvalue weighted by molar-refractivity contribution is 0.0393. The third-order valence-electron chi connectivity index (χ3n) is 4.21. The highest BCUT2D eigenvalue weighted by molar-refractivity contribution is 7.98. The van der Waals surface area contributed by atoms with Gasteiger partial charge in [0, 0.05) is 11.4 Å². The molecule has 1 aliphatic rings. The molecule has 4 rings (SSSR count). The van der Waals surface area contributed by atoms with Crippen LogP contribution in [0.1, 0.15) is 11.7 Å². The Hall–Kier alpha value is -1.98. The number of anilines is 1. The summed E-state index contributed by atoms with van der Waals surface area (Å²) in [6.07, 6.45) is 2.19. The smallest absolute Gasteiger partial charge is 0.204 e. The van der Waals surface area contributed by atoms with Crippen molar-refractivity contribution in [2.75, 3.05) is 30.9 Å². The molecule has 1 aliphatic heterocycles. The monoisotopic (exact) mass is 325 g/mol. The Bertz CT molecular complexity index is 802. The molecule has 118 valence electrons. The molecule has 0 spiro atoms. The van der Waals surface area contributed by atoms with Gasteiger partial charge in [-0.05, 0) is 30.0 Å². The van der Waals surface area contributed by atoms with Gasteiger partial charge in [-0.1, -0.05) is 30.3 Å². The molecule has 4 nitrogen and oxygen atoms in total. The lowest BCUT2D eigenvalue weighted by Gasteiger charge is -2.32. The van der Waals surface area contributed by atoms with Crippen LogP contribution in [-0.4, -0.2) is 35.9 Å². The minimum absolute atomic E-state index is 0.0971. The summed E-state index contributed by atoms with van der Waals surface area (Å²) < 4.78 is 5.94. The molecule has 0 bridgehead atoms. The van der Waals surface area contributed by atoms with Crippen LogP contribution in [0.15, 0.2) is 53.4 Å². The molecule has 1 unspecified atom stereocenters. The first-order valence-corrected chi connectivity index (χ1v) is 9.01. The second kappa shape index (κ2) is 6.26. The van der Waals surface area contributed by atoms with Crippen LogP contribution in [0, 0.1) is 0 Å². The van der Waals surface area contributed by atoms with Gasteiger partial charge in [0.05, 0.1) is 24.2 Å². The van der Waals surface area contributed by atoms with E-state index >= 15 is 0 Å². The van der Waals surface area contributed by atoms with Gasteiger partial charge in [-0.2, -0.15) is 0 Å². The lowest BCUT2D eigenvalue weighted by Crippen LogP contribution is -2.39. The molecular weight excluding hydrogens is 306 g/mol. The zero-order valence-electron chi connectivity index (χ0n) is 13.0. The molecule has 1 N–H and O–H groups in total. The fraction of sp³-hybridized carbons (Fsp3) is 0.278. The molecule has 1 fully saturated rings. The maximum Gasteiger partial charge on any atom is 0.204 e. The minimum atomic E-state index is 0.0971. The summed E-state index contributed by atoms with van der Waals surface area (Å²) in [6.45, 7) is 2.39. The standard InChI is InChI=1S/C18H19N3OS/c1-23-14-7-8-15-16(11-14)20-18(19-15)21-9-10-22-17(12-21)13-5-3-2-4-6-13/h2-8,11,17H,9-10,12H2,1H3,(H,19,20). The number of nitrogens with zero attached hydrogens (tertiary/aromatic N) is 2. The van der Waals surface area contributed by atoms with Crippen molar-refractivity contribution in [1.82, 2.24) is 9.97 Å². The van der Waals surface area contributed by atoms with Gasteiger partial charge in [0.1, 0.15) is 6.10 Å². The number of thioether (sulfide) groups is 1. The minimum Gasteiger partial charge on any atom is -0.370 e. The number of fused-ring (bicyclic) bond motifs is 1. The van der Waals surface area contributed by atoms with E-state index in [9.17, 15) is 0 Å². The van der Waals surface area contributed by atoms with Crippen LogP contribution in [-0.2, 0) is 4.74 Å². The summed E-state index contributed by atoms with van der Waals surface area (Å²) in [5.74, 6) is 0.933. The van der Waals surface area contributed by atoms with E-state index in [0.29, 0.717) is 6.61 Å². The fourth-order valence-corrected chi connectivity index (χ4v) is 3.40. The van der Waals surface area contributed by atoms with E-state index < -0.39 is 0 Å². The Labute approximate surface area is 139 Å². The molecule has 2 heterocycles. The van der Waals surface area contributed by atoms with Crippen LogP contribution in [0.5, 0.6) is 0 Å². The van der Waals surface area contributed by atoms with Gasteiger partial charge >= 0.3 is 0 Å². The average Bonchev–Trinajstić information content (AvgIpc) is 3.06. The molecule has 2 aromatic carbocycles. The van der Waals surface area contributed by atoms with Crippen molar-refractivity contribution in [1.29, 1.82) is 0 Å². The van der Waals surface area contributed by atoms with Gasteiger partial charge in [0.15, 0.2) is 0 Å². The van der Waals surface area contributed by atoms with Crippen LogP contribution in [0.2, 0.25) is 0 Å². The van der Waals surface area contributed by atoms with Crippen molar-refractivity contribution >= 4 is 28.7 Å². The largest absolute Gasteiger partial charge is 0.370 e. The van der Waals surface area contributed by atoms with Crippen molar-refractivity contribution in [3.05, 3.63) is 54.1 Å². The highest BCUT2D eigenvalue weighted by Gasteiger charge is 2.23. The summed E-state index contributed by atoms with van der Waals surface area (Å²) >= 11 is 1.74. The number of hydrogen-bond donors (Lipinski definition) is 1. The second-order valence-electron chi connectivity index (χ2n) is 5.66. The topological polar surface area (TPSA) is 41.2 Å². The molecule has 0 aliphatic carbocycles. The molecule has 1 aromatic heterocycles. The van der Waals surface area contributed by atoms with Crippen molar-refractivity contribution in [2.45, 2.75) is 11.0 Å². The number of aromatic amines is 1. The van der Waals surface area contributed by atoms with E-state index in [1.54, 1.807) is 11.8 Å². The van der Waals surface area contributed by atoms with E-state index in [1.807, 2.05) is 6.07 Å². The third kappa shape index (κ3) is 2.94. The molecule has 23 heavy (non-hydrogen) atoms. The molecule has 1 saturated heterocycles. The van der Waals surface area contributed by atoms with Gasteiger partial charge in [-0.25, -0.2) is 4.98 Å². The lowest BCUT2D eigenvalue weighted by atomic mass is 10.1. The van der Waals surface area contributed by atoms with Crippen molar-refractivity contribution in [3.63, 3.8) is 0 Å². The summed E-state index contributed by atoms with van der Waals surface area (Å²) in [5.41, 5.74) is 3.33. The number of ether oxygens (including phenoxy) is 1. The van der Waals surface area contributed by atoms with E-state index in [2.05, 4.69) is 58.6 Å². The normalized spacial score (nSPS) is 18.5. The molecular formula is C18H19N3OS. The average molecular weight is 325 g/mol. The molecule has 0 radical (unpaired) electrons. The first-order chi connectivity index (χ1) is 11.3. The number of nitrogens with one attached hydrogen (secondary N) is 1. The van der Waals surface area contributed by atoms with Crippen molar-refractivity contribution in [3.8, 4) is 0 Å². The maximum absolute atomic E-state index is 5.94. The number of benzene rings is 2. The Kier molecular flexibility index (Phi) is 3.97. The number of aromatic nitrogens is 2. The van der Waals surface area contributed by atoms with Gasteiger partial charge in [0.2, 0.25) is 5.95 Å². The van der Waals surface area contributed by atoms with E-state index in [0.717, 1.165) is 30.1 Å². The number of hydrogen-bond acceptors (Lipinski definition) is 4. The predicted octanol–water partition coefficient (Wildman–Crippen LogP) is 3.86. The second-order valence-corrected chi connectivity index (χ2v) is 6.54. The quantitative estimate of drug-likeness (QED) is 0.742. The first kappa shape index (κ1) is 14.6. The molecule has 0 amide bonds. The van der Waals surface area contributed by atoms with E-state index in [1.165, 1.54) is 10.5 Å². The summed E-state index contributed by atoms with van der Waals surface area (Å²) in [6, 6.07) is 16.7. The number of H-pyrrole nitrogens is 1. The third-order valence-corrected chi connectivity index (χ3v) is 4.94. The van der Waals surface area contributed by atoms with E-state index in [-0.39, 0.29) is 6.10 Å². The van der Waals surface area contributed by atoms with Crippen molar-refractivity contribution in [2.24, 2.45) is 0 Å². The van der Waals surface area contributed by atoms with Crippen molar-refractivity contribution < 1.29 is 4.74 Å². The maximum atomic E-state index is 5.94. The molecule has 0 saturated carbocycles. The van der Waals surface area contributed by atoms with Gasteiger partial charge in [0.25, 0.3) is 0 Å². The van der Waals surface area contributed by atoms with Crippen LogP contribution in [0.25, 0.3) is 11.0 Å². The van der Waals surface area contributed by atoms with Crippen LogP contribution < -0.4 is 4.90 Å². The van der Waals surface area contributed by atoms with Crippen LogP contribution in [0.4, 0.5) is 5.95 Å². The SMILES string of the molecule is CSc1ccc2nc(N3CCOC(c4ccccc4)C3)[nH]c2c1. The summed E-state index contributed by atoms with van der Waals surface area (Å²) in [7, 11) is 0. The van der Waals surface area contributed by atoms with Gasteiger partial charge in [-0.3, -0.25) is 0 Å². The molecule has 5 heteroatoms. The molecule has 3 aromatic rings. The Balaban J connectivity index is 1.60. The number of morpholine rings is 1. The Morgan fingerprint density at radius 1 is 1.22 bits per heavy atom. The van der Waals surface area contributed by atoms with Crippen LogP contribution >= 0.6 is 11.8 Å². The molecule has 1 atom stereocenters. The first-order valence-electron chi connectivity index (χ1n) is 7.79. The van der Waals surface area contributed by atoms with Gasteiger partial charge in [-0.15, -0.1) is 11.8 Å². The van der Waals surface area contributed by atoms with Gasteiger partial charge < -0.3 is 14.6 Å². The van der Waals surface area contributed by atoms with E-state index in [4.69, 9.17) is 9.72 Å². The zero-order valence-corrected chi connectivity index (χ0v) is 13.8. The summed E-state index contributed by atoms with van der Waals surface area (Å²) in [4.78, 5) is 11.7. The predicted molar refractivity (Wildman–Crippen MR) is 95.2 cm³/mol. The highest BCUT2D eigenvalue weighted by Crippen LogP contribution is 2.27. The summed E-state index contributed by atoms with van der Waals surface area (Å²) in [5, 5.41) is 0. The Morgan fingerprint density at radius 2 is 2.09 bits per heavy atom. The number of imidazole rings is 1.